The Morgan fingerprint density at radius 1 is 1.24 bits per heavy atom. The largest absolute Gasteiger partial charge is 0.432 e. The monoisotopic (exact) mass is 244 g/mol. The summed E-state index contributed by atoms with van der Waals surface area (Å²) in [5, 5.41) is 10.00. The van der Waals surface area contributed by atoms with Crippen LogP contribution < -0.4 is 0 Å². The van der Waals surface area contributed by atoms with Gasteiger partial charge in [-0.2, -0.15) is 0 Å². The van der Waals surface area contributed by atoms with Crippen molar-refractivity contribution < 1.29 is 34.0 Å². The summed E-state index contributed by atoms with van der Waals surface area (Å²) >= 11 is 0. The van der Waals surface area contributed by atoms with Gasteiger partial charge < -0.3 is 9.84 Å². The number of fused-ring (bicyclic) bond motifs is 2. The number of esters is 1. The van der Waals surface area contributed by atoms with Gasteiger partial charge in [0.15, 0.2) is 5.41 Å². The summed E-state index contributed by atoms with van der Waals surface area (Å²) in [5.74, 6) is -4.43. The summed E-state index contributed by atoms with van der Waals surface area (Å²) in [4.78, 5) is 43.0. The van der Waals surface area contributed by atoms with E-state index in [0.29, 0.717) is 0 Å². The summed E-state index contributed by atoms with van der Waals surface area (Å²) in [6.07, 6.45) is -0.428. The van der Waals surface area contributed by atoms with Crippen molar-refractivity contribution in [1.82, 2.24) is 0 Å². The van der Waals surface area contributed by atoms with Crippen molar-refractivity contribution in [3.05, 3.63) is 0 Å². The van der Waals surface area contributed by atoms with Crippen molar-refractivity contribution in [3.8, 4) is 0 Å². The molecule has 2 saturated heterocycles. The van der Waals surface area contributed by atoms with Gasteiger partial charge in [0.05, 0.1) is 6.42 Å². The molecule has 0 saturated carbocycles. The van der Waals surface area contributed by atoms with Crippen LogP contribution in [0.5, 0.6) is 0 Å². The van der Waals surface area contributed by atoms with E-state index in [9.17, 15) is 19.5 Å². The van der Waals surface area contributed by atoms with Crippen molar-refractivity contribution in [2.45, 2.75) is 38.4 Å². The van der Waals surface area contributed by atoms with Crippen LogP contribution in [0.25, 0.3) is 0 Å². The lowest BCUT2D eigenvalue weighted by atomic mass is 9.80. The molecule has 2 heterocycles. The number of rotatable bonds is 1. The molecule has 2 bridgehead atoms. The molecule has 7 nitrogen and oxygen atoms in total. The molecule has 0 aromatic rings. The molecule has 2 aliphatic heterocycles. The zero-order valence-corrected chi connectivity index (χ0v) is 9.23. The SMILES string of the molecule is CCC12CC(O)(CCC(=O)OOC1=O)OC2=O. The van der Waals surface area contributed by atoms with Crippen molar-refractivity contribution >= 4 is 17.9 Å². The van der Waals surface area contributed by atoms with Gasteiger partial charge in [-0.05, 0) is 6.42 Å². The molecule has 0 spiro atoms. The van der Waals surface area contributed by atoms with Crippen molar-refractivity contribution in [1.29, 1.82) is 0 Å². The Hall–Kier alpha value is -1.63. The van der Waals surface area contributed by atoms with E-state index in [-0.39, 0.29) is 25.7 Å². The molecule has 1 N–H and O–H groups in total. The quantitative estimate of drug-likeness (QED) is 0.387. The number of carbonyl (C=O) groups is 3. The molecular formula is C10H12O7. The lowest BCUT2D eigenvalue weighted by Gasteiger charge is -2.20. The molecule has 2 unspecified atom stereocenters. The molecule has 2 rings (SSSR count). The van der Waals surface area contributed by atoms with Gasteiger partial charge in [-0.25, -0.2) is 19.4 Å². The van der Waals surface area contributed by atoms with Crippen LogP contribution in [0.4, 0.5) is 0 Å². The molecule has 0 radical (unpaired) electrons. The van der Waals surface area contributed by atoms with Crippen molar-refractivity contribution in [2.75, 3.05) is 0 Å². The maximum Gasteiger partial charge on any atom is 0.373 e. The fraction of sp³-hybridized carbons (Fsp3) is 0.700. The number of hydrogen-bond donors (Lipinski definition) is 1. The molecule has 17 heavy (non-hydrogen) atoms. The molecule has 7 heteroatoms. The van der Waals surface area contributed by atoms with E-state index in [2.05, 4.69) is 9.78 Å². The van der Waals surface area contributed by atoms with Gasteiger partial charge >= 0.3 is 17.9 Å². The molecule has 2 fully saturated rings. The Morgan fingerprint density at radius 3 is 2.59 bits per heavy atom. The molecule has 2 aliphatic rings. The van der Waals surface area contributed by atoms with Crippen LogP contribution in [0, 0.1) is 5.41 Å². The van der Waals surface area contributed by atoms with E-state index >= 15 is 0 Å². The minimum absolute atomic E-state index is 0.102. The van der Waals surface area contributed by atoms with Crippen LogP contribution in [0.2, 0.25) is 0 Å². The van der Waals surface area contributed by atoms with Gasteiger partial charge in [-0.15, -0.1) is 0 Å². The Balaban J connectivity index is 2.38. The van der Waals surface area contributed by atoms with Crippen molar-refractivity contribution in [2.24, 2.45) is 5.41 Å². The standard InChI is InChI=1S/C10H12O7/c1-2-9-5-10(14,15-7(9)12)4-3-6(11)16-17-8(9)13/h14H,2-5H2,1H3. The van der Waals surface area contributed by atoms with Gasteiger partial charge in [-0.3, -0.25) is 4.79 Å². The first kappa shape index (κ1) is 11.8. The van der Waals surface area contributed by atoms with E-state index in [1.807, 2.05) is 0 Å². The second-order valence-corrected chi connectivity index (χ2v) is 4.27. The highest BCUT2D eigenvalue weighted by molar-refractivity contribution is 6.01. The Bertz CT molecular complexity index is 390. The minimum Gasteiger partial charge on any atom is -0.432 e. The maximum atomic E-state index is 11.7. The normalized spacial score (nSPS) is 37.4. The molecule has 0 aromatic carbocycles. The highest BCUT2D eigenvalue weighted by Crippen LogP contribution is 2.45. The van der Waals surface area contributed by atoms with Gasteiger partial charge in [0, 0.05) is 12.8 Å². The summed E-state index contributed by atoms with van der Waals surface area (Å²) in [6.45, 7) is 1.59. The fourth-order valence-corrected chi connectivity index (χ4v) is 2.06. The molecule has 0 aliphatic carbocycles. The zero-order valence-electron chi connectivity index (χ0n) is 9.23. The summed E-state index contributed by atoms with van der Waals surface area (Å²) in [6, 6.07) is 0. The van der Waals surface area contributed by atoms with E-state index in [1.165, 1.54) is 0 Å². The highest BCUT2D eigenvalue weighted by atomic mass is 17.2. The predicted octanol–water partition coefficient (Wildman–Crippen LogP) is -0.187. The molecule has 0 aromatic heterocycles. The van der Waals surface area contributed by atoms with E-state index < -0.39 is 29.1 Å². The predicted molar refractivity (Wildman–Crippen MR) is 49.8 cm³/mol. The third-order valence-electron chi connectivity index (χ3n) is 3.18. The van der Waals surface area contributed by atoms with Crippen LogP contribution >= 0.6 is 0 Å². The first-order valence-corrected chi connectivity index (χ1v) is 5.29. The number of carbonyl (C=O) groups excluding carboxylic acids is 3. The smallest absolute Gasteiger partial charge is 0.373 e. The Kier molecular flexibility index (Phi) is 2.57. The van der Waals surface area contributed by atoms with Crippen LogP contribution in [0.1, 0.15) is 32.6 Å². The fourth-order valence-electron chi connectivity index (χ4n) is 2.06. The first-order chi connectivity index (χ1) is 7.92. The van der Waals surface area contributed by atoms with Crippen LogP contribution in [-0.2, 0) is 28.9 Å². The number of ether oxygens (including phenoxy) is 1. The van der Waals surface area contributed by atoms with Crippen LogP contribution in [-0.4, -0.2) is 28.8 Å². The number of hydrogen-bond acceptors (Lipinski definition) is 7. The summed E-state index contributed by atoms with van der Waals surface area (Å²) in [5.41, 5.74) is -1.58. The van der Waals surface area contributed by atoms with Gasteiger partial charge in [0.25, 0.3) is 0 Å². The van der Waals surface area contributed by atoms with Gasteiger partial charge in [0.1, 0.15) is 0 Å². The van der Waals surface area contributed by atoms with Crippen molar-refractivity contribution in [3.63, 3.8) is 0 Å². The lowest BCUT2D eigenvalue weighted by Crippen LogP contribution is -2.37. The van der Waals surface area contributed by atoms with E-state index in [0.717, 1.165) is 0 Å². The summed E-state index contributed by atoms with van der Waals surface area (Å²) < 4.78 is 4.81. The molecule has 2 atom stereocenters. The van der Waals surface area contributed by atoms with E-state index in [4.69, 9.17) is 4.74 Å². The number of aliphatic hydroxyl groups is 1. The Labute approximate surface area is 96.6 Å². The topological polar surface area (TPSA) is 99.1 Å². The third kappa shape index (κ3) is 1.76. The average molecular weight is 244 g/mol. The molecule has 94 valence electrons. The average Bonchev–Trinajstić information content (AvgIpc) is 2.57. The van der Waals surface area contributed by atoms with Gasteiger partial charge in [0.2, 0.25) is 5.79 Å². The molecular weight excluding hydrogens is 232 g/mol. The maximum absolute atomic E-state index is 11.7. The third-order valence-corrected chi connectivity index (χ3v) is 3.18. The highest BCUT2D eigenvalue weighted by Gasteiger charge is 2.62. The molecule has 0 amide bonds. The first-order valence-electron chi connectivity index (χ1n) is 5.29. The second kappa shape index (κ2) is 3.69. The van der Waals surface area contributed by atoms with Crippen LogP contribution in [0.3, 0.4) is 0 Å². The van der Waals surface area contributed by atoms with Crippen LogP contribution in [0.15, 0.2) is 0 Å². The summed E-state index contributed by atoms with van der Waals surface area (Å²) in [7, 11) is 0. The Morgan fingerprint density at radius 2 is 1.94 bits per heavy atom. The van der Waals surface area contributed by atoms with E-state index in [1.54, 1.807) is 6.92 Å². The van der Waals surface area contributed by atoms with Gasteiger partial charge in [-0.1, -0.05) is 6.92 Å². The minimum atomic E-state index is -1.80. The second-order valence-electron chi connectivity index (χ2n) is 4.27. The zero-order chi connectivity index (χ0) is 12.7. The lowest BCUT2D eigenvalue weighted by molar-refractivity contribution is -0.266.